The number of nitrogens with one attached hydrogen (secondary N) is 1. The van der Waals surface area contributed by atoms with Crippen molar-refractivity contribution in [2.24, 2.45) is 0 Å². The predicted molar refractivity (Wildman–Crippen MR) is 109 cm³/mol. The molecule has 0 aliphatic carbocycles. The topological polar surface area (TPSA) is 92.8 Å². The van der Waals surface area contributed by atoms with Gasteiger partial charge in [0, 0.05) is 12.2 Å². The van der Waals surface area contributed by atoms with Gasteiger partial charge in [-0.05, 0) is 56.5 Å². The summed E-state index contributed by atoms with van der Waals surface area (Å²) in [5.74, 6) is -1.19. The highest BCUT2D eigenvalue weighted by atomic mass is 32.2. The summed E-state index contributed by atoms with van der Waals surface area (Å²) in [4.78, 5) is 24.7. The minimum atomic E-state index is -3.81. The van der Waals surface area contributed by atoms with Crippen LogP contribution in [0.1, 0.15) is 24.0 Å². The first-order chi connectivity index (χ1) is 13.8. The van der Waals surface area contributed by atoms with Crippen molar-refractivity contribution in [3.05, 3.63) is 59.7 Å². The summed E-state index contributed by atoms with van der Waals surface area (Å²) in [5.41, 5.74) is 2.54. The molecule has 2 aromatic carbocycles. The maximum Gasteiger partial charge on any atom is 0.324 e. The Bertz CT molecular complexity index is 1000. The third-order valence-electron chi connectivity index (χ3n) is 4.75. The van der Waals surface area contributed by atoms with Gasteiger partial charge in [-0.3, -0.25) is 9.59 Å². The van der Waals surface area contributed by atoms with Crippen molar-refractivity contribution in [3.8, 4) is 0 Å². The fraction of sp³-hybridized carbons (Fsp3) is 0.333. The van der Waals surface area contributed by atoms with Crippen LogP contribution in [0.2, 0.25) is 0 Å². The van der Waals surface area contributed by atoms with Crippen LogP contribution in [0.15, 0.2) is 53.4 Å². The maximum atomic E-state index is 12.9. The number of carbonyl (C=O) groups is 2. The van der Waals surface area contributed by atoms with Gasteiger partial charge in [0.1, 0.15) is 6.04 Å². The number of sulfonamides is 1. The fourth-order valence-electron chi connectivity index (χ4n) is 3.26. The molecule has 2 aromatic rings. The number of esters is 1. The van der Waals surface area contributed by atoms with Gasteiger partial charge in [-0.1, -0.05) is 29.8 Å². The van der Waals surface area contributed by atoms with Crippen molar-refractivity contribution in [1.82, 2.24) is 4.31 Å². The van der Waals surface area contributed by atoms with E-state index in [1.54, 1.807) is 24.3 Å². The first kappa shape index (κ1) is 21.0. The summed E-state index contributed by atoms with van der Waals surface area (Å²) < 4.78 is 32.1. The molecule has 7 nitrogen and oxygen atoms in total. The zero-order valence-electron chi connectivity index (χ0n) is 16.4. The van der Waals surface area contributed by atoms with Crippen LogP contribution in [-0.4, -0.2) is 43.8 Å². The second-order valence-electron chi connectivity index (χ2n) is 7.11. The summed E-state index contributed by atoms with van der Waals surface area (Å²) in [5, 5.41) is 2.65. The van der Waals surface area contributed by atoms with Crippen molar-refractivity contribution in [2.75, 3.05) is 18.5 Å². The van der Waals surface area contributed by atoms with Crippen LogP contribution in [-0.2, 0) is 24.3 Å². The first-order valence-corrected chi connectivity index (χ1v) is 10.8. The van der Waals surface area contributed by atoms with E-state index in [9.17, 15) is 18.0 Å². The van der Waals surface area contributed by atoms with Gasteiger partial charge in [-0.2, -0.15) is 4.31 Å². The average Bonchev–Trinajstić information content (AvgIpc) is 3.17. The molecular weight excluding hydrogens is 392 g/mol. The molecule has 0 unspecified atom stereocenters. The molecule has 154 valence electrons. The minimum absolute atomic E-state index is 0.139. The molecule has 3 rings (SSSR count). The van der Waals surface area contributed by atoms with E-state index in [4.69, 9.17) is 4.74 Å². The van der Waals surface area contributed by atoms with Gasteiger partial charge in [0.2, 0.25) is 10.0 Å². The Morgan fingerprint density at radius 3 is 2.52 bits per heavy atom. The van der Waals surface area contributed by atoms with E-state index >= 15 is 0 Å². The number of aryl methyl sites for hydroxylation is 2. The number of benzene rings is 2. The molecule has 0 saturated carbocycles. The molecule has 1 aliphatic heterocycles. The maximum absolute atomic E-state index is 12.9. The van der Waals surface area contributed by atoms with Crippen molar-refractivity contribution < 1.29 is 22.7 Å². The van der Waals surface area contributed by atoms with E-state index in [-0.39, 0.29) is 11.4 Å². The third kappa shape index (κ3) is 5.02. The Balaban J connectivity index is 1.62. The lowest BCUT2D eigenvalue weighted by molar-refractivity contribution is -0.150. The van der Waals surface area contributed by atoms with Gasteiger partial charge in [0.15, 0.2) is 6.61 Å². The normalized spacial score (nSPS) is 17.1. The Hall–Kier alpha value is -2.71. The van der Waals surface area contributed by atoms with Gasteiger partial charge < -0.3 is 10.1 Å². The molecule has 1 fully saturated rings. The lowest BCUT2D eigenvalue weighted by Gasteiger charge is -2.22. The Labute approximate surface area is 170 Å². The van der Waals surface area contributed by atoms with Crippen LogP contribution in [0.5, 0.6) is 0 Å². The standard InChI is InChI=1S/C21H24N2O5S/c1-15-8-10-18(11-9-15)29(26,27)23-12-4-7-19(23)21(25)28-14-20(24)22-17-6-3-5-16(2)13-17/h3,5-6,8-11,13,19H,4,7,12,14H2,1-2H3,(H,22,24)/t19-/m0/s1. The highest BCUT2D eigenvalue weighted by molar-refractivity contribution is 7.89. The molecule has 0 bridgehead atoms. The van der Waals surface area contributed by atoms with E-state index in [2.05, 4.69) is 5.32 Å². The number of anilines is 1. The molecule has 8 heteroatoms. The summed E-state index contributed by atoms with van der Waals surface area (Å²) >= 11 is 0. The lowest BCUT2D eigenvalue weighted by Crippen LogP contribution is -2.42. The molecule has 29 heavy (non-hydrogen) atoms. The number of carbonyl (C=O) groups excluding carboxylic acids is 2. The molecule has 1 N–H and O–H groups in total. The summed E-state index contributed by atoms with van der Waals surface area (Å²) in [7, 11) is -3.81. The average molecular weight is 416 g/mol. The fourth-order valence-corrected chi connectivity index (χ4v) is 4.91. The molecule has 1 saturated heterocycles. The molecule has 1 atom stereocenters. The molecular formula is C21H24N2O5S. The minimum Gasteiger partial charge on any atom is -0.454 e. The van der Waals surface area contributed by atoms with Crippen LogP contribution in [0, 0.1) is 13.8 Å². The van der Waals surface area contributed by atoms with Gasteiger partial charge in [0.05, 0.1) is 4.90 Å². The van der Waals surface area contributed by atoms with Gasteiger partial charge in [0.25, 0.3) is 5.91 Å². The van der Waals surface area contributed by atoms with Gasteiger partial charge in [-0.25, -0.2) is 8.42 Å². The highest BCUT2D eigenvalue weighted by Gasteiger charge is 2.40. The number of nitrogens with zero attached hydrogens (tertiary/aromatic N) is 1. The summed E-state index contributed by atoms with van der Waals surface area (Å²) in [6.07, 6.45) is 0.920. The van der Waals surface area contributed by atoms with Crippen molar-refractivity contribution >= 4 is 27.6 Å². The molecule has 0 aromatic heterocycles. The molecule has 1 aliphatic rings. The number of ether oxygens (including phenoxy) is 1. The SMILES string of the molecule is Cc1ccc(S(=O)(=O)N2CCC[C@H]2C(=O)OCC(=O)Nc2cccc(C)c2)cc1. The van der Waals surface area contributed by atoms with Crippen LogP contribution < -0.4 is 5.32 Å². The Kier molecular flexibility index (Phi) is 6.34. The number of amides is 1. The van der Waals surface area contributed by atoms with Gasteiger partial charge in [-0.15, -0.1) is 0 Å². The first-order valence-electron chi connectivity index (χ1n) is 9.39. The van der Waals surface area contributed by atoms with E-state index < -0.39 is 34.5 Å². The van der Waals surface area contributed by atoms with E-state index in [1.807, 2.05) is 26.0 Å². The van der Waals surface area contributed by atoms with Crippen LogP contribution >= 0.6 is 0 Å². The van der Waals surface area contributed by atoms with Crippen LogP contribution in [0.3, 0.4) is 0 Å². The zero-order chi connectivity index (χ0) is 21.0. The third-order valence-corrected chi connectivity index (χ3v) is 6.67. The molecule has 1 amide bonds. The van der Waals surface area contributed by atoms with Crippen molar-refractivity contribution in [1.29, 1.82) is 0 Å². The summed E-state index contributed by atoms with van der Waals surface area (Å²) in [6, 6.07) is 12.8. The van der Waals surface area contributed by atoms with Crippen LogP contribution in [0.25, 0.3) is 0 Å². The number of rotatable bonds is 6. The van der Waals surface area contributed by atoms with E-state index in [0.717, 1.165) is 11.1 Å². The van der Waals surface area contributed by atoms with Crippen LogP contribution in [0.4, 0.5) is 5.69 Å². The number of hydrogen-bond donors (Lipinski definition) is 1. The van der Waals surface area contributed by atoms with Crippen molar-refractivity contribution in [3.63, 3.8) is 0 Å². The van der Waals surface area contributed by atoms with Crippen molar-refractivity contribution in [2.45, 2.75) is 37.6 Å². The molecule has 0 spiro atoms. The second-order valence-corrected chi connectivity index (χ2v) is 9.00. The quantitative estimate of drug-likeness (QED) is 0.731. The zero-order valence-corrected chi connectivity index (χ0v) is 17.2. The highest BCUT2D eigenvalue weighted by Crippen LogP contribution is 2.27. The predicted octanol–water partition coefficient (Wildman–Crippen LogP) is 2.64. The molecule has 1 heterocycles. The lowest BCUT2D eigenvalue weighted by atomic mass is 10.2. The molecule has 0 radical (unpaired) electrons. The van der Waals surface area contributed by atoms with E-state index in [1.165, 1.54) is 16.4 Å². The smallest absolute Gasteiger partial charge is 0.324 e. The summed E-state index contributed by atoms with van der Waals surface area (Å²) in [6.45, 7) is 3.54. The van der Waals surface area contributed by atoms with E-state index in [0.29, 0.717) is 18.5 Å². The Morgan fingerprint density at radius 2 is 1.83 bits per heavy atom. The Morgan fingerprint density at radius 1 is 1.10 bits per heavy atom. The number of hydrogen-bond acceptors (Lipinski definition) is 5. The monoisotopic (exact) mass is 416 g/mol. The second kappa shape index (κ2) is 8.75. The van der Waals surface area contributed by atoms with Gasteiger partial charge >= 0.3 is 5.97 Å². The largest absolute Gasteiger partial charge is 0.454 e.